The van der Waals surface area contributed by atoms with Gasteiger partial charge in [0, 0.05) is 17.3 Å². The Labute approximate surface area is 198 Å². The van der Waals surface area contributed by atoms with Crippen molar-refractivity contribution in [2.45, 2.75) is 95.8 Å². The summed E-state index contributed by atoms with van der Waals surface area (Å²) in [5.41, 5.74) is 4.88. The molecule has 10 heteroatoms. The van der Waals surface area contributed by atoms with Gasteiger partial charge in [0.2, 0.25) is 10.0 Å². The molecule has 3 N–H and O–H groups in total. The Hall–Kier alpha value is -2.33. The fourth-order valence-electron chi connectivity index (χ4n) is 3.43. The Kier molecular flexibility index (Phi) is 9.74. The van der Waals surface area contributed by atoms with Crippen LogP contribution < -0.4 is 11.1 Å². The molecule has 0 aliphatic rings. The van der Waals surface area contributed by atoms with E-state index in [-0.39, 0.29) is 11.3 Å². The van der Waals surface area contributed by atoms with Gasteiger partial charge in [-0.1, -0.05) is 0 Å². The average molecular weight is 486 g/mol. The summed E-state index contributed by atoms with van der Waals surface area (Å²) in [6.45, 7) is 12.4. The first-order valence-corrected chi connectivity index (χ1v) is 12.4. The van der Waals surface area contributed by atoms with E-state index >= 15 is 0 Å². The highest BCUT2D eigenvalue weighted by atomic mass is 32.2. The van der Waals surface area contributed by atoms with Crippen LogP contribution in [0, 0.1) is 0 Å². The zero-order valence-electron chi connectivity index (χ0n) is 21.0. The molecule has 0 radical (unpaired) electrons. The Morgan fingerprint density at radius 3 is 2.09 bits per heavy atom. The number of alkyl carbamates (subject to hydrolysis) is 1. The minimum Gasteiger partial charge on any atom is -0.468 e. The van der Waals surface area contributed by atoms with Crippen molar-refractivity contribution in [1.29, 1.82) is 0 Å². The number of ether oxygens (including phenoxy) is 2. The SMILES string of the molecule is COC(=O)[C@H](CCCC(C)(C)NC(=O)OC(C)(C)C)N(C(C)C)S(=O)(=O)c1ccc(N)cc1. The van der Waals surface area contributed by atoms with Crippen molar-refractivity contribution in [1.82, 2.24) is 9.62 Å². The smallest absolute Gasteiger partial charge is 0.408 e. The molecule has 0 aromatic heterocycles. The number of hydrogen-bond donors (Lipinski definition) is 2. The largest absolute Gasteiger partial charge is 0.468 e. The normalized spacial score (nSPS) is 13.6. The van der Waals surface area contributed by atoms with Crippen LogP contribution in [0.2, 0.25) is 0 Å². The lowest BCUT2D eigenvalue weighted by Crippen LogP contribution is -2.49. The van der Waals surface area contributed by atoms with E-state index in [1.54, 1.807) is 34.6 Å². The maximum Gasteiger partial charge on any atom is 0.408 e. The van der Waals surface area contributed by atoms with Crippen LogP contribution in [0.15, 0.2) is 29.2 Å². The number of benzene rings is 1. The third-order valence-electron chi connectivity index (χ3n) is 4.86. The zero-order chi connectivity index (χ0) is 25.6. The van der Waals surface area contributed by atoms with Crippen molar-refractivity contribution in [2.24, 2.45) is 0 Å². The van der Waals surface area contributed by atoms with Crippen molar-refractivity contribution in [3.05, 3.63) is 24.3 Å². The van der Waals surface area contributed by atoms with Crippen molar-refractivity contribution < 1.29 is 27.5 Å². The second kappa shape index (κ2) is 11.2. The first-order chi connectivity index (χ1) is 15.0. The number of methoxy groups -OCH3 is 1. The lowest BCUT2D eigenvalue weighted by molar-refractivity contribution is -0.146. The Morgan fingerprint density at radius 1 is 1.09 bits per heavy atom. The fourth-order valence-corrected chi connectivity index (χ4v) is 5.24. The van der Waals surface area contributed by atoms with Gasteiger partial charge in [-0.05, 0) is 92.0 Å². The minimum absolute atomic E-state index is 0.0474. The standard InChI is InChI=1S/C23H39N3O6S/c1-16(2)26(33(29,30)18-13-11-17(24)12-14-18)19(20(27)31-8)10-9-15-23(6,7)25-21(28)32-22(3,4)5/h11-14,16,19H,9-10,15,24H2,1-8H3,(H,25,28)/t19-/m0/s1. The molecule has 0 aliphatic heterocycles. The maximum atomic E-state index is 13.4. The van der Waals surface area contributed by atoms with Gasteiger partial charge in [-0.2, -0.15) is 4.31 Å². The lowest BCUT2D eigenvalue weighted by atomic mass is 9.95. The van der Waals surface area contributed by atoms with Gasteiger partial charge >= 0.3 is 12.1 Å². The van der Waals surface area contributed by atoms with Crippen LogP contribution in [0.5, 0.6) is 0 Å². The first kappa shape index (κ1) is 28.7. The number of rotatable bonds is 10. The number of hydrogen-bond acceptors (Lipinski definition) is 7. The number of nitrogens with two attached hydrogens (primary N) is 1. The number of anilines is 1. The lowest BCUT2D eigenvalue weighted by Gasteiger charge is -2.33. The molecular formula is C23H39N3O6S. The molecule has 1 rings (SSSR count). The van der Waals surface area contributed by atoms with E-state index in [0.717, 1.165) is 0 Å². The molecule has 1 aromatic carbocycles. The summed E-state index contributed by atoms with van der Waals surface area (Å²) in [7, 11) is -2.76. The summed E-state index contributed by atoms with van der Waals surface area (Å²) in [4.78, 5) is 24.8. The van der Waals surface area contributed by atoms with Crippen LogP contribution in [-0.2, 0) is 24.3 Å². The summed E-state index contributed by atoms with van der Waals surface area (Å²) >= 11 is 0. The molecule has 1 amide bonds. The summed E-state index contributed by atoms with van der Waals surface area (Å²) in [5, 5.41) is 2.82. The minimum atomic E-state index is -3.99. The molecule has 0 heterocycles. The molecule has 0 aliphatic carbocycles. The van der Waals surface area contributed by atoms with E-state index in [2.05, 4.69) is 5.32 Å². The van der Waals surface area contributed by atoms with E-state index in [1.807, 2.05) is 13.8 Å². The molecule has 1 aromatic rings. The van der Waals surface area contributed by atoms with E-state index in [9.17, 15) is 18.0 Å². The topological polar surface area (TPSA) is 128 Å². The van der Waals surface area contributed by atoms with E-state index in [1.165, 1.54) is 35.7 Å². The van der Waals surface area contributed by atoms with Crippen LogP contribution >= 0.6 is 0 Å². The van der Waals surface area contributed by atoms with Crippen LogP contribution in [0.4, 0.5) is 10.5 Å². The molecule has 0 saturated heterocycles. The van der Waals surface area contributed by atoms with Crippen LogP contribution in [0.3, 0.4) is 0 Å². The molecule has 0 spiro atoms. The Morgan fingerprint density at radius 2 is 1.64 bits per heavy atom. The Balaban J connectivity index is 3.04. The van der Waals surface area contributed by atoms with Crippen molar-refractivity contribution in [3.8, 4) is 0 Å². The van der Waals surface area contributed by atoms with Gasteiger partial charge in [0.15, 0.2) is 0 Å². The third-order valence-corrected chi connectivity index (χ3v) is 6.96. The highest BCUT2D eigenvalue weighted by molar-refractivity contribution is 7.89. The van der Waals surface area contributed by atoms with Gasteiger partial charge < -0.3 is 20.5 Å². The van der Waals surface area contributed by atoms with Crippen molar-refractivity contribution in [2.75, 3.05) is 12.8 Å². The van der Waals surface area contributed by atoms with Gasteiger partial charge in [0.05, 0.1) is 12.0 Å². The highest BCUT2D eigenvalue weighted by Gasteiger charge is 2.38. The average Bonchev–Trinajstić information content (AvgIpc) is 2.64. The second-order valence-electron chi connectivity index (χ2n) is 9.94. The van der Waals surface area contributed by atoms with Crippen molar-refractivity contribution in [3.63, 3.8) is 0 Å². The van der Waals surface area contributed by atoms with Crippen LogP contribution in [0.1, 0.15) is 67.7 Å². The van der Waals surface area contributed by atoms with E-state index in [0.29, 0.717) is 18.5 Å². The number of carbonyl (C=O) groups is 2. The van der Waals surface area contributed by atoms with Crippen LogP contribution in [0.25, 0.3) is 0 Å². The summed E-state index contributed by atoms with van der Waals surface area (Å²) in [6, 6.07) is 4.33. The number of nitrogens with one attached hydrogen (secondary N) is 1. The predicted octanol–water partition coefficient (Wildman–Crippen LogP) is 3.68. The van der Waals surface area contributed by atoms with Gasteiger partial charge in [-0.15, -0.1) is 0 Å². The molecule has 0 fully saturated rings. The molecule has 188 valence electrons. The number of esters is 1. The quantitative estimate of drug-likeness (QED) is 0.382. The molecule has 9 nitrogen and oxygen atoms in total. The zero-order valence-corrected chi connectivity index (χ0v) is 21.8. The number of nitrogens with zero attached hydrogens (tertiary/aromatic N) is 1. The molecule has 0 saturated carbocycles. The van der Waals surface area contributed by atoms with Crippen molar-refractivity contribution >= 4 is 27.8 Å². The van der Waals surface area contributed by atoms with Gasteiger partial charge in [-0.25, -0.2) is 13.2 Å². The van der Waals surface area contributed by atoms with Gasteiger partial charge in [0.1, 0.15) is 11.6 Å². The van der Waals surface area contributed by atoms with Gasteiger partial charge in [0.25, 0.3) is 0 Å². The van der Waals surface area contributed by atoms with Crippen LogP contribution in [-0.4, -0.2) is 55.1 Å². The fraction of sp³-hybridized carbons (Fsp3) is 0.652. The van der Waals surface area contributed by atoms with Gasteiger partial charge in [-0.3, -0.25) is 4.79 Å². The number of carbonyl (C=O) groups excluding carboxylic acids is 2. The van der Waals surface area contributed by atoms with E-state index in [4.69, 9.17) is 15.2 Å². The molecule has 0 bridgehead atoms. The summed E-state index contributed by atoms with van der Waals surface area (Å²) in [6.07, 6.45) is 0.640. The number of amides is 1. The first-order valence-electron chi connectivity index (χ1n) is 11.0. The Bertz CT molecular complexity index is 905. The maximum absolute atomic E-state index is 13.4. The predicted molar refractivity (Wildman–Crippen MR) is 128 cm³/mol. The number of sulfonamides is 1. The number of nitrogen functional groups attached to an aromatic ring is 1. The third kappa shape index (κ3) is 8.85. The molecular weight excluding hydrogens is 446 g/mol. The second-order valence-corrected chi connectivity index (χ2v) is 11.8. The molecule has 1 atom stereocenters. The summed E-state index contributed by atoms with van der Waals surface area (Å²) in [5.74, 6) is -0.638. The molecule has 0 unspecified atom stereocenters. The highest BCUT2D eigenvalue weighted by Crippen LogP contribution is 2.26. The van der Waals surface area contributed by atoms with E-state index < -0.39 is 45.3 Å². The summed E-state index contributed by atoms with van der Waals surface area (Å²) < 4.78 is 38.2. The molecule has 33 heavy (non-hydrogen) atoms. The monoisotopic (exact) mass is 485 g/mol.